The van der Waals surface area contributed by atoms with Crippen molar-refractivity contribution in [1.29, 1.82) is 0 Å². The van der Waals surface area contributed by atoms with Gasteiger partial charge in [-0.3, -0.25) is 4.79 Å². The highest BCUT2D eigenvalue weighted by atomic mass is 16.5. The first kappa shape index (κ1) is 8.17. The molecule has 0 fully saturated rings. The summed E-state index contributed by atoms with van der Waals surface area (Å²) in [7, 11) is 1.28. The van der Waals surface area contributed by atoms with Crippen LogP contribution in [0.4, 0.5) is 0 Å². The van der Waals surface area contributed by atoms with Crippen LogP contribution in [0.2, 0.25) is 0 Å². The first-order valence-corrected chi connectivity index (χ1v) is 2.58. The number of rotatable bonds is 3. The van der Waals surface area contributed by atoms with Crippen molar-refractivity contribution in [3.8, 4) is 0 Å². The summed E-state index contributed by atoms with van der Waals surface area (Å²) in [6.07, 6.45) is 0.495. The molecule has 0 aromatic heterocycles. The van der Waals surface area contributed by atoms with Crippen LogP contribution in [-0.4, -0.2) is 24.3 Å². The number of hydrogen-bond donors (Lipinski definition) is 1. The molecule has 0 amide bonds. The third kappa shape index (κ3) is 3.73. The van der Waals surface area contributed by atoms with Gasteiger partial charge in [-0.15, -0.1) is 6.58 Å². The van der Waals surface area contributed by atoms with Gasteiger partial charge in [0.05, 0.1) is 19.6 Å². The second-order valence-electron chi connectivity index (χ2n) is 1.58. The van der Waals surface area contributed by atoms with Gasteiger partial charge in [0.1, 0.15) is 0 Å². The summed E-state index contributed by atoms with van der Waals surface area (Å²) in [5, 5.41) is 8.74. The van der Waals surface area contributed by atoms with Crippen LogP contribution >= 0.6 is 0 Å². The second kappa shape index (κ2) is 4.09. The molecule has 0 aromatic carbocycles. The Morgan fingerprint density at radius 1 is 2.00 bits per heavy atom. The molecule has 0 rings (SSSR count). The summed E-state index contributed by atoms with van der Waals surface area (Å²) in [4.78, 5) is 10.4. The maximum Gasteiger partial charge on any atom is 0.308 e. The van der Waals surface area contributed by atoms with Crippen molar-refractivity contribution < 1.29 is 14.6 Å². The Hall–Kier alpha value is -0.830. The Morgan fingerprint density at radius 2 is 2.56 bits per heavy atom. The summed E-state index contributed by atoms with van der Waals surface area (Å²) in [5.41, 5.74) is 0. The lowest BCUT2D eigenvalue weighted by Crippen LogP contribution is -2.11. The van der Waals surface area contributed by atoms with Crippen LogP contribution in [0, 0.1) is 0 Å². The van der Waals surface area contributed by atoms with Crippen molar-refractivity contribution >= 4 is 5.97 Å². The van der Waals surface area contributed by atoms with Crippen molar-refractivity contribution in [2.24, 2.45) is 0 Å². The maximum atomic E-state index is 10.4. The van der Waals surface area contributed by atoms with E-state index in [9.17, 15) is 4.79 Å². The highest BCUT2D eigenvalue weighted by Crippen LogP contribution is 1.92. The summed E-state index contributed by atoms with van der Waals surface area (Å²) in [5.74, 6) is -0.428. The van der Waals surface area contributed by atoms with E-state index in [0.717, 1.165) is 0 Å². The van der Waals surface area contributed by atoms with Gasteiger partial charge in [0.25, 0.3) is 0 Å². The van der Waals surface area contributed by atoms with Crippen LogP contribution in [0.3, 0.4) is 0 Å². The fraction of sp³-hybridized carbons (Fsp3) is 0.500. The molecule has 0 aliphatic rings. The Bertz CT molecular complexity index is 109. The molecule has 3 nitrogen and oxygen atoms in total. The standard InChI is InChI=1S/C6H10O3/c1-3-5(7)4-6(8)9-2/h3,5,7H,1,4H2,2H3/t5-/m1/s1. The monoisotopic (exact) mass is 130 g/mol. The van der Waals surface area contributed by atoms with Crippen LogP contribution in [0.25, 0.3) is 0 Å². The van der Waals surface area contributed by atoms with Gasteiger partial charge in [0.2, 0.25) is 0 Å². The molecule has 0 aromatic rings. The van der Waals surface area contributed by atoms with Crippen molar-refractivity contribution in [3.05, 3.63) is 12.7 Å². The molecule has 0 saturated heterocycles. The van der Waals surface area contributed by atoms with E-state index in [1.165, 1.54) is 13.2 Å². The number of aliphatic hydroxyl groups is 1. The smallest absolute Gasteiger partial charge is 0.308 e. The lowest BCUT2D eigenvalue weighted by molar-refractivity contribution is -0.142. The van der Waals surface area contributed by atoms with Crippen LogP contribution in [0.5, 0.6) is 0 Å². The molecule has 0 aliphatic carbocycles. The Balaban J connectivity index is 3.46. The molecule has 3 heteroatoms. The summed E-state index contributed by atoms with van der Waals surface area (Å²) in [6, 6.07) is 0. The molecule has 0 aliphatic heterocycles. The minimum Gasteiger partial charge on any atom is -0.469 e. The molecule has 0 unspecified atom stereocenters. The topological polar surface area (TPSA) is 46.5 Å². The number of esters is 1. The van der Waals surface area contributed by atoms with E-state index in [0.29, 0.717) is 0 Å². The summed E-state index contributed by atoms with van der Waals surface area (Å²) >= 11 is 0. The number of aliphatic hydroxyl groups excluding tert-OH is 1. The fourth-order valence-electron chi connectivity index (χ4n) is 0.337. The second-order valence-corrected chi connectivity index (χ2v) is 1.58. The molecule has 0 spiro atoms. The molecule has 1 N–H and O–H groups in total. The van der Waals surface area contributed by atoms with E-state index in [1.807, 2.05) is 0 Å². The minimum atomic E-state index is -0.780. The van der Waals surface area contributed by atoms with Crippen LogP contribution in [-0.2, 0) is 9.53 Å². The van der Waals surface area contributed by atoms with Gasteiger partial charge < -0.3 is 9.84 Å². The van der Waals surface area contributed by atoms with E-state index in [2.05, 4.69) is 11.3 Å². The average molecular weight is 130 g/mol. The Kier molecular flexibility index (Phi) is 3.71. The van der Waals surface area contributed by atoms with Gasteiger partial charge in [-0.2, -0.15) is 0 Å². The first-order valence-electron chi connectivity index (χ1n) is 2.58. The summed E-state index contributed by atoms with van der Waals surface area (Å²) in [6.45, 7) is 3.29. The number of hydrogen-bond acceptors (Lipinski definition) is 3. The van der Waals surface area contributed by atoms with Crippen LogP contribution in [0.1, 0.15) is 6.42 Å². The predicted octanol–water partition coefficient (Wildman–Crippen LogP) is 0.0964. The average Bonchev–Trinajstić information content (AvgIpc) is 1.87. The van der Waals surface area contributed by atoms with Gasteiger partial charge in [-0.25, -0.2) is 0 Å². The summed E-state index contributed by atoms with van der Waals surface area (Å²) < 4.78 is 4.28. The van der Waals surface area contributed by atoms with E-state index in [1.54, 1.807) is 0 Å². The molecule has 9 heavy (non-hydrogen) atoms. The van der Waals surface area contributed by atoms with Gasteiger partial charge in [-0.05, 0) is 0 Å². The van der Waals surface area contributed by atoms with E-state index < -0.39 is 12.1 Å². The lowest BCUT2D eigenvalue weighted by atomic mass is 10.2. The van der Waals surface area contributed by atoms with Crippen LogP contribution < -0.4 is 0 Å². The van der Waals surface area contributed by atoms with Crippen molar-refractivity contribution in [1.82, 2.24) is 0 Å². The zero-order valence-corrected chi connectivity index (χ0v) is 5.33. The first-order chi connectivity index (χ1) is 4.20. The lowest BCUT2D eigenvalue weighted by Gasteiger charge is -2.00. The largest absolute Gasteiger partial charge is 0.469 e. The van der Waals surface area contributed by atoms with E-state index in [4.69, 9.17) is 5.11 Å². The van der Waals surface area contributed by atoms with E-state index in [-0.39, 0.29) is 6.42 Å². The third-order valence-electron chi connectivity index (χ3n) is 0.876. The minimum absolute atomic E-state index is 0.0139. The molecular formula is C6H10O3. The van der Waals surface area contributed by atoms with Gasteiger partial charge >= 0.3 is 5.97 Å². The van der Waals surface area contributed by atoms with Gasteiger partial charge in [-0.1, -0.05) is 6.08 Å². The molecule has 0 radical (unpaired) electrons. The van der Waals surface area contributed by atoms with Crippen molar-refractivity contribution in [2.45, 2.75) is 12.5 Å². The van der Waals surface area contributed by atoms with Crippen LogP contribution in [0.15, 0.2) is 12.7 Å². The number of carbonyl (C=O) groups is 1. The quantitative estimate of drug-likeness (QED) is 0.435. The highest BCUT2D eigenvalue weighted by Gasteiger charge is 2.05. The molecule has 52 valence electrons. The normalized spacial score (nSPS) is 12.2. The van der Waals surface area contributed by atoms with Crippen molar-refractivity contribution in [3.63, 3.8) is 0 Å². The number of carbonyl (C=O) groups excluding carboxylic acids is 1. The molecule has 0 saturated carbocycles. The zero-order chi connectivity index (χ0) is 7.28. The molecular weight excluding hydrogens is 120 g/mol. The van der Waals surface area contributed by atoms with Gasteiger partial charge in [0, 0.05) is 0 Å². The Morgan fingerprint density at radius 3 is 2.89 bits per heavy atom. The number of ether oxygens (including phenoxy) is 1. The van der Waals surface area contributed by atoms with Gasteiger partial charge in [0.15, 0.2) is 0 Å². The van der Waals surface area contributed by atoms with E-state index >= 15 is 0 Å². The predicted molar refractivity (Wildman–Crippen MR) is 32.8 cm³/mol. The molecule has 0 heterocycles. The maximum absolute atomic E-state index is 10.4. The molecule has 1 atom stereocenters. The number of methoxy groups -OCH3 is 1. The fourth-order valence-corrected chi connectivity index (χ4v) is 0.337. The zero-order valence-electron chi connectivity index (χ0n) is 5.33. The van der Waals surface area contributed by atoms with Crippen molar-refractivity contribution in [2.75, 3.05) is 7.11 Å². The highest BCUT2D eigenvalue weighted by molar-refractivity contribution is 5.69. The Labute approximate surface area is 53.9 Å². The molecule has 0 bridgehead atoms. The third-order valence-corrected chi connectivity index (χ3v) is 0.876. The SMILES string of the molecule is C=C[C@@H](O)CC(=O)OC.